The van der Waals surface area contributed by atoms with Gasteiger partial charge in [-0.2, -0.15) is 0 Å². The van der Waals surface area contributed by atoms with Crippen molar-refractivity contribution < 1.29 is 20.4 Å². The first-order chi connectivity index (χ1) is 4.63. The Morgan fingerprint density at radius 3 is 2.10 bits per heavy atom. The van der Waals surface area contributed by atoms with Gasteiger partial charge in [0.05, 0.1) is 6.61 Å². The molecule has 0 heterocycles. The van der Waals surface area contributed by atoms with Gasteiger partial charge in [-0.3, -0.25) is 0 Å². The van der Waals surface area contributed by atoms with Crippen molar-refractivity contribution in [2.75, 3.05) is 6.61 Å². The zero-order valence-corrected chi connectivity index (χ0v) is 5.31. The highest BCUT2D eigenvalue weighted by Crippen LogP contribution is 1.96. The van der Waals surface area contributed by atoms with E-state index >= 15 is 0 Å². The Bertz CT molecular complexity index is 108. The molecular weight excluding hydrogens is 138 g/mol. The van der Waals surface area contributed by atoms with Gasteiger partial charge in [0.15, 0.2) is 0 Å². The molecule has 0 aliphatic rings. The zero-order valence-electron chi connectivity index (χ0n) is 5.31. The molecule has 0 radical (unpaired) electrons. The van der Waals surface area contributed by atoms with E-state index in [0.717, 1.165) is 0 Å². The topological polar surface area (TPSA) is 105 Å². The predicted molar refractivity (Wildman–Crippen MR) is 33.9 cm³/mol. The van der Waals surface area contributed by atoms with Crippen LogP contribution in [0, 0.1) is 5.41 Å². The minimum absolute atomic E-state index is 0.587. The highest BCUT2D eigenvalue weighted by molar-refractivity contribution is 5.59. The summed E-state index contributed by atoms with van der Waals surface area (Å²) in [5.74, 6) is 0. The molecule has 0 aromatic heterocycles. The predicted octanol–water partition coefficient (Wildman–Crippen LogP) is -2.29. The Morgan fingerprint density at radius 2 is 1.80 bits per heavy atom. The molecule has 0 unspecified atom stereocenters. The van der Waals surface area contributed by atoms with Crippen LogP contribution in [0.5, 0.6) is 0 Å². The van der Waals surface area contributed by atoms with Crippen molar-refractivity contribution in [1.29, 1.82) is 5.41 Å². The quantitative estimate of drug-likeness (QED) is 0.290. The van der Waals surface area contributed by atoms with Crippen molar-refractivity contribution >= 4 is 6.21 Å². The van der Waals surface area contributed by atoms with Gasteiger partial charge in [0.25, 0.3) is 0 Å². The second-order valence-corrected chi connectivity index (χ2v) is 1.90. The molecule has 60 valence electrons. The molecule has 10 heavy (non-hydrogen) atoms. The van der Waals surface area contributed by atoms with Crippen LogP contribution in [-0.2, 0) is 0 Å². The molecular formula is C5H11NO4. The average Bonchev–Trinajstić information content (AvgIpc) is 2.00. The molecule has 0 aromatic carbocycles. The van der Waals surface area contributed by atoms with Crippen LogP contribution in [-0.4, -0.2) is 51.6 Å². The fraction of sp³-hybridized carbons (Fsp3) is 0.800. The highest BCUT2D eigenvalue weighted by Gasteiger charge is 2.21. The van der Waals surface area contributed by atoms with Gasteiger partial charge in [-0.15, -0.1) is 0 Å². The van der Waals surface area contributed by atoms with E-state index in [1.165, 1.54) is 0 Å². The summed E-state index contributed by atoms with van der Waals surface area (Å²) in [6, 6.07) is 0. The van der Waals surface area contributed by atoms with Crippen LogP contribution in [0.4, 0.5) is 0 Å². The summed E-state index contributed by atoms with van der Waals surface area (Å²) in [5, 5.41) is 40.8. The Balaban J connectivity index is 3.80. The highest BCUT2D eigenvalue weighted by atomic mass is 16.4. The lowest BCUT2D eigenvalue weighted by molar-refractivity contribution is -0.0542. The number of rotatable bonds is 4. The Labute approximate surface area is 58.1 Å². The van der Waals surface area contributed by atoms with Crippen LogP contribution >= 0.6 is 0 Å². The maximum absolute atomic E-state index is 8.77. The van der Waals surface area contributed by atoms with Gasteiger partial charge in [0.2, 0.25) is 0 Å². The summed E-state index contributed by atoms with van der Waals surface area (Å²) < 4.78 is 0. The SMILES string of the molecule is N=C[C@@H](O)[C@@H](O)[C@H](O)CO. The normalized spacial score (nSPS) is 19.6. The summed E-state index contributed by atoms with van der Waals surface area (Å²) in [4.78, 5) is 0. The fourth-order valence-electron chi connectivity index (χ4n) is 0.434. The van der Waals surface area contributed by atoms with Crippen molar-refractivity contribution in [3.8, 4) is 0 Å². The van der Waals surface area contributed by atoms with E-state index in [1.54, 1.807) is 0 Å². The monoisotopic (exact) mass is 149 g/mol. The molecule has 0 bridgehead atoms. The number of hydrogen-bond acceptors (Lipinski definition) is 5. The summed E-state index contributed by atoms with van der Waals surface area (Å²) in [6.07, 6.45) is -3.70. The third-order valence-corrected chi connectivity index (χ3v) is 1.10. The van der Waals surface area contributed by atoms with Gasteiger partial charge in [0.1, 0.15) is 18.3 Å². The lowest BCUT2D eigenvalue weighted by Gasteiger charge is -2.17. The fourth-order valence-corrected chi connectivity index (χ4v) is 0.434. The van der Waals surface area contributed by atoms with Gasteiger partial charge in [-0.05, 0) is 0 Å². The van der Waals surface area contributed by atoms with Crippen LogP contribution in [0.15, 0.2) is 0 Å². The van der Waals surface area contributed by atoms with Crippen molar-refractivity contribution in [3.05, 3.63) is 0 Å². The van der Waals surface area contributed by atoms with Gasteiger partial charge < -0.3 is 25.8 Å². The number of aliphatic hydroxyl groups is 4. The number of aliphatic hydroxyl groups excluding tert-OH is 4. The third kappa shape index (κ3) is 2.40. The molecule has 0 rings (SSSR count). The summed E-state index contributed by atoms with van der Waals surface area (Å²) in [5.41, 5.74) is 0. The molecule has 3 atom stereocenters. The van der Waals surface area contributed by atoms with Gasteiger partial charge in [-0.25, -0.2) is 0 Å². The van der Waals surface area contributed by atoms with Crippen LogP contribution in [0.3, 0.4) is 0 Å². The van der Waals surface area contributed by atoms with Crippen molar-refractivity contribution in [1.82, 2.24) is 0 Å². The molecule has 0 aliphatic carbocycles. The largest absolute Gasteiger partial charge is 0.394 e. The van der Waals surface area contributed by atoms with E-state index in [9.17, 15) is 0 Å². The van der Waals surface area contributed by atoms with Crippen LogP contribution < -0.4 is 0 Å². The van der Waals surface area contributed by atoms with E-state index in [2.05, 4.69) is 0 Å². The standard InChI is InChI=1S/C5H11NO4/c6-1-3(8)5(10)4(9)2-7/h1,3-10H,2H2/t3-,4-,5-/m1/s1. The van der Waals surface area contributed by atoms with E-state index in [-0.39, 0.29) is 0 Å². The maximum atomic E-state index is 8.77. The molecule has 0 spiro atoms. The molecule has 0 saturated carbocycles. The molecule has 0 saturated heterocycles. The van der Waals surface area contributed by atoms with Crippen LogP contribution in [0.1, 0.15) is 0 Å². The second kappa shape index (κ2) is 4.35. The van der Waals surface area contributed by atoms with Crippen LogP contribution in [0.2, 0.25) is 0 Å². The maximum Gasteiger partial charge on any atom is 0.117 e. The third-order valence-electron chi connectivity index (χ3n) is 1.10. The minimum atomic E-state index is -1.48. The van der Waals surface area contributed by atoms with Crippen molar-refractivity contribution in [3.63, 3.8) is 0 Å². The first-order valence-electron chi connectivity index (χ1n) is 2.79. The van der Waals surface area contributed by atoms with Crippen molar-refractivity contribution in [2.45, 2.75) is 18.3 Å². The van der Waals surface area contributed by atoms with Gasteiger partial charge in [-0.1, -0.05) is 0 Å². The second-order valence-electron chi connectivity index (χ2n) is 1.90. The van der Waals surface area contributed by atoms with Gasteiger partial charge in [0, 0.05) is 6.21 Å². The summed E-state index contributed by atoms with van der Waals surface area (Å²) in [6.45, 7) is -0.633. The smallest absolute Gasteiger partial charge is 0.117 e. The number of hydrogen-bond donors (Lipinski definition) is 5. The van der Waals surface area contributed by atoms with Gasteiger partial charge >= 0.3 is 0 Å². The molecule has 5 heteroatoms. The van der Waals surface area contributed by atoms with E-state index < -0.39 is 24.9 Å². The summed E-state index contributed by atoms with van der Waals surface area (Å²) >= 11 is 0. The molecule has 5 nitrogen and oxygen atoms in total. The van der Waals surface area contributed by atoms with E-state index in [4.69, 9.17) is 25.8 Å². The first-order valence-corrected chi connectivity index (χ1v) is 2.79. The first kappa shape index (κ1) is 9.51. The lowest BCUT2D eigenvalue weighted by atomic mass is 10.1. The van der Waals surface area contributed by atoms with E-state index in [1.807, 2.05) is 0 Å². The lowest BCUT2D eigenvalue weighted by Crippen LogP contribution is -2.40. The Morgan fingerprint density at radius 1 is 1.30 bits per heavy atom. The minimum Gasteiger partial charge on any atom is -0.394 e. The average molecular weight is 149 g/mol. The Kier molecular flexibility index (Phi) is 4.13. The zero-order chi connectivity index (χ0) is 8.15. The number of nitrogens with one attached hydrogen (secondary N) is 1. The summed E-state index contributed by atoms with van der Waals surface area (Å²) in [7, 11) is 0. The van der Waals surface area contributed by atoms with E-state index in [0.29, 0.717) is 6.21 Å². The molecule has 0 aromatic rings. The van der Waals surface area contributed by atoms with Crippen LogP contribution in [0.25, 0.3) is 0 Å². The van der Waals surface area contributed by atoms with Crippen molar-refractivity contribution in [2.24, 2.45) is 0 Å². The Hall–Kier alpha value is -0.490. The molecule has 5 N–H and O–H groups in total. The molecule has 0 fully saturated rings. The molecule has 0 amide bonds. The molecule has 0 aliphatic heterocycles.